The summed E-state index contributed by atoms with van der Waals surface area (Å²) in [7, 11) is 0. The number of halogens is 1. The van der Waals surface area contributed by atoms with Gasteiger partial charge in [-0.2, -0.15) is 0 Å². The molecule has 2 heterocycles. The molecule has 3 aromatic rings. The number of urea groups is 1. The first-order valence-electron chi connectivity index (χ1n) is 9.67. The molecule has 0 unspecified atom stereocenters. The van der Waals surface area contributed by atoms with Crippen LogP contribution in [0.3, 0.4) is 0 Å². The van der Waals surface area contributed by atoms with Crippen molar-refractivity contribution in [2.45, 2.75) is 18.9 Å². The Morgan fingerprint density at radius 3 is 2.43 bits per heavy atom. The number of benzene rings is 2. The molecule has 0 aliphatic carbocycles. The summed E-state index contributed by atoms with van der Waals surface area (Å²) in [5.41, 5.74) is 6.29. The fraction of sp³-hybridized carbons (Fsp3) is 0.227. The Kier molecular flexibility index (Phi) is 5.72. The Labute approximate surface area is 178 Å². The second kappa shape index (κ2) is 8.59. The van der Waals surface area contributed by atoms with E-state index in [1.54, 1.807) is 29.3 Å². The summed E-state index contributed by atoms with van der Waals surface area (Å²) in [6.45, 7) is 1.15. The summed E-state index contributed by atoms with van der Waals surface area (Å²) in [5.74, 6) is 0.431. The Hall–Kier alpha value is -3.32. The number of nitrogens with two attached hydrogens (primary N) is 1. The molecule has 1 aliphatic rings. The summed E-state index contributed by atoms with van der Waals surface area (Å²) in [4.78, 5) is 30.1. The van der Waals surface area contributed by atoms with Gasteiger partial charge in [0.25, 0.3) is 5.91 Å². The zero-order valence-corrected chi connectivity index (χ0v) is 16.9. The van der Waals surface area contributed by atoms with Crippen LogP contribution in [0.15, 0.2) is 54.7 Å². The van der Waals surface area contributed by atoms with Crippen molar-refractivity contribution < 1.29 is 14.3 Å². The van der Waals surface area contributed by atoms with Gasteiger partial charge < -0.3 is 20.7 Å². The van der Waals surface area contributed by atoms with Crippen LogP contribution in [0.2, 0.25) is 5.02 Å². The van der Waals surface area contributed by atoms with Gasteiger partial charge in [-0.25, -0.2) is 9.78 Å². The Bertz CT molecular complexity index is 1100. The zero-order valence-electron chi connectivity index (χ0n) is 16.2. The topological polar surface area (TPSA) is 97.6 Å². The molecule has 1 aromatic heterocycles. The van der Waals surface area contributed by atoms with E-state index in [1.807, 2.05) is 30.3 Å². The standard InChI is InChI=1S/C22H21ClN4O3/c23-18-8-4-3-7-17(18)21(28)27-11-9-14(10-12-27)30-20-16-6-2-1-5-15(16)19(13-25-20)26-22(24)29/h1-8,13-14H,9-12H2,(H3,24,26,29). The minimum absolute atomic E-state index is 0.0637. The first kappa shape index (κ1) is 20.0. The Balaban J connectivity index is 1.46. The molecule has 0 spiro atoms. The largest absolute Gasteiger partial charge is 0.474 e. The van der Waals surface area contributed by atoms with Gasteiger partial charge in [-0.1, -0.05) is 41.9 Å². The monoisotopic (exact) mass is 424 g/mol. The third-order valence-corrected chi connectivity index (χ3v) is 5.46. The molecular weight excluding hydrogens is 404 g/mol. The second-order valence-electron chi connectivity index (χ2n) is 7.10. The lowest BCUT2D eigenvalue weighted by atomic mass is 10.1. The van der Waals surface area contributed by atoms with Gasteiger partial charge in [-0.3, -0.25) is 4.79 Å². The van der Waals surface area contributed by atoms with Gasteiger partial charge in [0.15, 0.2) is 0 Å². The van der Waals surface area contributed by atoms with Gasteiger partial charge in [0.2, 0.25) is 5.88 Å². The molecule has 2 aromatic carbocycles. The molecule has 1 aliphatic heterocycles. The molecule has 0 atom stereocenters. The highest BCUT2D eigenvalue weighted by molar-refractivity contribution is 6.33. The molecule has 30 heavy (non-hydrogen) atoms. The fourth-order valence-electron chi connectivity index (χ4n) is 3.63. The van der Waals surface area contributed by atoms with E-state index in [2.05, 4.69) is 10.3 Å². The lowest BCUT2D eigenvalue weighted by Crippen LogP contribution is -2.42. The highest BCUT2D eigenvalue weighted by atomic mass is 35.5. The van der Waals surface area contributed by atoms with Crippen LogP contribution >= 0.6 is 11.6 Å². The van der Waals surface area contributed by atoms with Gasteiger partial charge in [-0.05, 0) is 18.2 Å². The van der Waals surface area contributed by atoms with Gasteiger partial charge >= 0.3 is 6.03 Å². The normalized spacial score (nSPS) is 14.5. The van der Waals surface area contributed by atoms with Crippen molar-refractivity contribution in [2.75, 3.05) is 18.4 Å². The molecule has 1 saturated heterocycles. The molecule has 3 amide bonds. The first-order chi connectivity index (χ1) is 14.5. The van der Waals surface area contributed by atoms with E-state index in [0.29, 0.717) is 48.1 Å². The van der Waals surface area contributed by atoms with Crippen LogP contribution in [0.25, 0.3) is 10.8 Å². The summed E-state index contributed by atoms with van der Waals surface area (Å²) < 4.78 is 6.17. The summed E-state index contributed by atoms with van der Waals surface area (Å²) in [6, 6.07) is 13.9. The van der Waals surface area contributed by atoms with Gasteiger partial charge in [0.1, 0.15) is 6.10 Å². The van der Waals surface area contributed by atoms with E-state index in [0.717, 1.165) is 10.8 Å². The summed E-state index contributed by atoms with van der Waals surface area (Å²) in [6.07, 6.45) is 2.85. The fourth-order valence-corrected chi connectivity index (χ4v) is 3.85. The molecule has 0 radical (unpaired) electrons. The molecule has 0 saturated carbocycles. The Morgan fingerprint density at radius 1 is 1.07 bits per heavy atom. The van der Waals surface area contributed by atoms with Crippen molar-refractivity contribution in [3.63, 3.8) is 0 Å². The number of amides is 3. The number of nitrogens with one attached hydrogen (secondary N) is 1. The van der Waals surface area contributed by atoms with E-state index in [1.165, 1.54) is 0 Å². The van der Waals surface area contributed by atoms with Gasteiger partial charge in [-0.15, -0.1) is 0 Å². The SMILES string of the molecule is NC(=O)Nc1cnc(OC2CCN(C(=O)c3ccccc3Cl)CC2)c2ccccc12. The van der Waals surface area contributed by atoms with Gasteiger partial charge in [0, 0.05) is 36.7 Å². The second-order valence-corrected chi connectivity index (χ2v) is 7.51. The van der Waals surface area contributed by atoms with Gasteiger partial charge in [0.05, 0.1) is 22.5 Å². The van der Waals surface area contributed by atoms with E-state index >= 15 is 0 Å². The minimum atomic E-state index is -0.647. The number of pyridine rings is 1. The van der Waals surface area contributed by atoms with E-state index in [4.69, 9.17) is 22.1 Å². The van der Waals surface area contributed by atoms with Crippen LogP contribution in [-0.2, 0) is 0 Å². The average Bonchev–Trinajstić information content (AvgIpc) is 2.75. The Morgan fingerprint density at radius 2 is 1.73 bits per heavy atom. The number of piperidine rings is 1. The van der Waals surface area contributed by atoms with Crippen LogP contribution in [0.1, 0.15) is 23.2 Å². The third kappa shape index (κ3) is 4.16. The van der Waals surface area contributed by atoms with Crippen molar-refractivity contribution in [1.29, 1.82) is 0 Å². The number of anilines is 1. The minimum Gasteiger partial charge on any atom is -0.474 e. The molecule has 0 bridgehead atoms. The molecule has 8 heteroatoms. The highest BCUT2D eigenvalue weighted by Gasteiger charge is 2.26. The predicted molar refractivity (Wildman–Crippen MR) is 116 cm³/mol. The number of nitrogens with zero attached hydrogens (tertiary/aromatic N) is 2. The number of ether oxygens (including phenoxy) is 1. The van der Waals surface area contributed by atoms with Crippen LogP contribution in [0.4, 0.5) is 10.5 Å². The number of carbonyl (C=O) groups is 2. The van der Waals surface area contributed by atoms with Crippen molar-refractivity contribution in [2.24, 2.45) is 5.73 Å². The summed E-state index contributed by atoms with van der Waals surface area (Å²) >= 11 is 6.16. The molecule has 154 valence electrons. The lowest BCUT2D eigenvalue weighted by molar-refractivity contribution is 0.0591. The van der Waals surface area contributed by atoms with Crippen molar-refractivity contribution in [3.8, 4) is 5.88 Å². The number of aromatic nitrogens is 1. The van der Waals surface area contributed by atoms with Crippen molar-refractivity contribution in [1.82, 2.24) is 9.88 Å². The van der Waals surface area contributed by atoms with E-state index < -0.39 is 6.03 Å². The number of fused-ring (bicyclic) bond motifs is 1. The number of likely N-dealkylation sites (tertiary alicyclic amines) is 1. The van der Waals surface area contributed by atoms with E-state index in [-0.39, 0.29) is 12.0 Å². The lowest BCUT2D eigenvalue weighted by Gasteiger charge is -2.32. The van der Waals surface area contributed by atoms with Crippen LogP contribution < -0.4 is 15.8 Å². The van der Waals surface area contributed by atoms with Crippen LogP contribution in [0.5, 0.6) is 5.88 Å². The quantitative estimate of drug-likeness (QED) is 0.659. The maximum absolute atomic E-state index is 12.7. The molecule has 7 nitrogen and oxygen atoms in total. The van der Waals surface area contributed by atoms with Crippen LogP contribution in [0, 0.1) is 0 Å². The third-order valence-electron chi connectivity index (χ3n) is 5.13. The maximum Gasteiger partial charge on any atom is 0.316 e. The number of hydrogen-bond donors (Lipinski definition) is 2. The molecule has 4 rings (SSSR count). The maximum atomic E-state index is 12.7. The highest BCUT2D eigenvalue weighted by Crippen LogP contribution is 2.31. The molecule has 1 fully saturated rings. The first-order valence-corrected chi connectivity index (χ1v) is 10.1. The van der Waals surface area contributed by atoms with Crippen molar-refractivity contribution in [3.05, 3.63) is 65.3 Å². The number of rotatable bonds is 4. The predicted octanol–water partition coefficient (Wildman–Crippen LogP) is 4.06. The molecule has 3 N–H and O–H groups in total. The summed E-state index contributed by atoms with van der Waals surface area (Å²) in [5, 5.41) is 4.63. The number of hydrogen-bond acceptors (Lipinski definition) is 4. The zero-order chi connectivity index (χ0) is 21.1. The average molecular weight is 425 g/mol. The van der Waals surface area contributed by atoms with Crippen molar-refractivity contribution >= 4 is 40.0 Å². The number of primary amides is 1. The molecular formula is C22H21ClN4O3. The number of carbonyl (C=O) groups excluding carboxylic acids is 2. The van der Waals surface area contributed by atoms with E-state index in [9.17, 15) is 9.59 Å². The van der Waals surface area contributed by atoms with Crippen LogP contribution in [-0.4, -0.2) is 41.0 Å². The smallest absolute Gasteiger partial charge is 0.316 e.